The number of halogens is 2. The quantitative estimate of drug-likeness (QED) is 0.751. The number of carbonyl (C=O) groups is 1. The number of hydrogen-bond acceptors (Lipinski definition) is 4. The Kier molecular flexibility index (Phi) is 6.93. The molecule has 1 saturated heterocycles. The summed E-state index contributed by atoms with van der Waals surface area (Å²) in [6.07, 6.45) is 4.69. The van der Waals surface area contributed by atoms with Crippen molar-refractivity contribution < 1.29 is 13.9 Å². The van der Waals surface area contributed by atoms with Gasteiger partial charge in [-0.2, -0.15) is 5.10 Å². The van der Waals surface area contributed by atoms with Crippen LogP contribution in [0.3, 0.4) is 0 Å². The summed E-state index contributed by atoms with van der Waals surface area (Å²) in [6.45, 7) is 3.10. The van der Waals surface area contributed by atoms with Crippen LogP contribution in [0.2, 0.25) is 0 Å². The molecule has 0 unspecified atom stereocenters. The van der Waals surface area contributed by atoms with E-state index in [-0.39, 0.29) is 29.5 Å². The summed E-state index contributed by atoms with van der Waals surface area (Å²) in [5.74, 6) is -0.413. The SMILES string of the molecule is COCC1(CNC(=O)c2nn(-c3ccc(F)cc3)c3c2CCC3)CCNCC1.Cl. The zero-order valence-electron chi connectivity index (χ0n) is 16.7. The zero-order valence-corrected chi connectivity index (χ0v) is 17.5. The van der Waals surface area contributed by atoms with E-state index in [1.807, 2.05) is 0 Å². The Balaban J connectivity index is 0.00000240. The minimum Gasteiger partial charge on any atom is -0.384 e. The topological polar surface area (TPSA) is 68.2 Å². The molecule has 1 aromatic heterocycles. The molecular formula is C21H28ClFN4O2. The van der Waals surface area contributed by atoms with E-state index >= 15 is 0 Å². The van der Waals surface area contributed by atoms with Crippen LogP contribution in [-0.4, -0.2) is 49.0 Å². The van der Waals surface area contributed by atoms with Gasteiger partial charge in [0.25, 0.3) is 5.91 Å². The first kappa shape index (κ1) is 21.7. The van der Waals surface area contributed by atoms with Crippen molar-refractivity contribution in [2.24, 2.45) is 5.41 Å². The molecule has 8 heteroatoms. The van der Waals surface area contributed by atoms with Crippen molar-refractivity contribution in [1.82, 2.24) is 20.4 Å². The van der Waals surface area contributed by atoms with Gasteiger partial charge in [0, 0.05) is 30.3 Å². The summed E-state index contributed by atoms with van der Waals surface area (Å²) in [6, 6.07) is 6.24. The van der Waals surface area contributed by atoms with Crippen LogP contribution in [0, 0.1) is 11.2 Å². The van der Waals surface area contributed by atoms with Gasteiger partial charge in [-0.25, -0.2) is 9.07 Å². The maximum absolute atomic E-state index is 13.3. The highest BCUT2D eigenvalue weighted by Crippen LogP contribution is 2.30. The fourth-order valence-electron chi connectivity index (χ4n) is 4.40. The van der Waals surface area contributed by atoms with Gasteiger partial charge in [0.15, 0.2) is 5.69 Å². The zero-order chi connectivity index (χ0) is 19.6. The molecule has 2 N–H and O–H groups in total. The van der Waals surface area contributed by atoms with Crippen molar-refractivity contribution >= 4 is 18.3 Å². The normalized spacial score (nSPS) is 17.4. The van der Waals surface area contributed by atoms with Crippen LogP contribution in [-0.2, 0) is 17.6 Å². The smallest absolute Gasteiger partial charge is 0.272 e. The van der Waals surface area contributed by atoms with Gasteiger partial charge < -0.3 is 15.4 Å². The lowest BCUT2D eigenvalue weighted by Crippen LogP contribution is -2.47. The second-order valence-electron chi connectivity index (χ2n) is 7.88. The molecule has 1 aliphatic heterocycles. The predicted molar refractivity (Wildman–Crippen MR) is 112 cm³/mol. The van der Waals surface area contributed by atoms with E-state index in [1.165, 1.54) is 12.1 Å². The van der Waals surface area contributed by atoms with Crippen molar-refractivity contribution in [2.75, 3.05) is 33.4 Å². The van der Waals surface area contributed by atoms with E-state index in [0.717, 1.165) is 62.1 Å². The maximum atomic E-state index is 13.3. The second-order valence-corrected chi connectivity index (χ2v) is 7.88. The van der Waals surface area contributed by atoms with Gasteiger partial charge >= 0.3 is 0 Å². The van der Waals surface area contributed by atoms with E-state index < -0.39 is 0 Å². The van der Waals surface area contributed by atoms with Gasteiger partial charge in [-0.1, -0.05) is 0 Å². The van der Waals surface area contributed by atoms with Crippen LogP contribution in [0.25, 0.3) is 5.69 Å². The molecule has 4 rings (SSSR count). The molecule has 0 saturated carbocycles. The van der Waals surface area contributed by atoms with Crippen molar-refractivity contribution in [3.63, 3.8) is 0 Å². The van der Waals surface area contributed by atoms with Gasteiger partial charge in [-0.15, -0.1) is 12.4 Å². The fourth-order valence-corrected chi connectivity index (χ4v) is 4.40. The van der Waals surface area contributed by atoms with Crippen LogP contribution < -0.4 is 10.6 Å². The van der Waals surface area contributed by atoms with Crippen molar-refractivity contribution in [1.29, 1.82) is 0 Å². The third kappa shape index (κ3) is 4.47. The maximum Gasteiger partial charge on any atom is 0.272 e. The monoisotopic (exact) mass is 422 g/mol. The Labute approximate surface area is 176 Å². The lowest BCUT2D eigenvalue weighted by Gasteiger charge is -2.37. The van der Waals surface area contributed by atoms with E-state index in [2.05, 4.69) is 15.7 Å². The van der Waals surface area contributed by atoms with Gasteiger partial charge in [0.1, 0.15) is 5.82 Å². The third-order valence-corrected chi connectivity index (χ3v) is 5.96. The number of nitrogens with one attached hydrogen (secondary N) is 2. The summed E-state index contributed by atoms with van der Waals surface area (Å²) in [5.41, 5.74) is 3.34. The molecule has 0 spiro atoms. The van der Waals surface area contributed by atoms with Crippen LogP contribution in [0.1, 0.15) is 41.0 Å². The Morgan fingerprint density at radius 2 is 2.00 bits per heavy atom. The summed E-state index contributed by atoms with van der Waals surface area (Å²) in [5, 5.41) is 11.1. The van der Waals surface area contributed by atoms with Gasteiger partial charge in [0.05, 0.1) is 12.3 Å². The number of benzene rings is 1. The molecule has 1 aromatic carbocycles. The fraction of sp³-hybridized carbons (Fsp3) is 0.524. The van der Waals surface area contributed by atoms with Crippen LogP contribution in [0.15, 0.2) is 24.3 Å². The summed E-state index contributed by atoms with van der Waals surface area (Å²) in [4.78, 5) is 13.0. The molecule has 6 nitrogen and oxygen atoms in total. The van der Waals surface area contributed by atoms with E-state index in [9.17, 15) is 9.18 Å². The summed E-state index contributed by atoms with van der Waals surface area (Å²) < 4.78 is 20.5. The number of rotatable bonds is 6. The van der Waals surface area contributed by atoms with Crippen molar-refractivity contribution in [3.8, 4) is 5.69 Å². The number of hydrogen-bond donors (Lipinski definition) is 2. The van der Waals surface area contributed by atoms with E-state index in [1.54, 1.807) is 23.9 Å². The minimum absolute atomic E-state index is 0. The largest absolute Gasteiger partial charge is 0.384 e. The summed E-state index contributed by atoms with van der Waals surface area (Å²) >= 11 is 0. The highest BCUT2D eigenvalue weighted by atomic mass is 35.5. The van der Waals surface area contributed by atoms with Crippen LogP contribution in [0.4, 0.5) is 4.39 Å². The number of piperidine rings is 1. The molecule has 2 heterocycles. The van der Waals surface area contributed by atoms with Gasteiger partial charge in [-0.3, -0.25) is 4.79 Å². The summed E-state index contributed by atoms with van der Waals surface area (Å²) in [7, 11) is 1.71. The predicted octanol–water partition coefficient (Wildman–Crippen LogP) is 2.67. The van der Waals surface area contributed by atoms with Gasteiger partial charge in [-0.05, 0) is 69.5 Å². The molecule has 0 atom stereocenters. The van der Waals surface area contributed by atoms with Crippen LogP contribution in [0.5, 0.6) is 0 Å². The molecular weight excluding hydrogens is 395 g/mol. The Hall–Kier alpha value is -1.96. The second kappa shape index (κ2) is 9.24. The standard InChI is InChI=1S/C21H27FN4O2.ClH/c1-28-14-21(9-11-23-12-10-21)13-24-20(27)19-17-3-2-4-18(17)26(25-19)16-7-5-15(22)6-8-16;/h5-8,23H,2-4,9-14H2,1H3,(H,24,27);1H. The number of fused-ring (bicyclic) bond motifs is 1. The Bertz CT molecular complexity index is 842. The first-order valence-corrected chi connectivity index (χ1v) is 9.96. The molecule has 158 valence electrons. The Morgan fingerprint density at radius 3 is 2.69 bits per heavy atom. The number of methoxy groups -OCH3 is 1. The Morgan fingerprint density at radius 1 is 1.28 bits per heavy atom. The number of carbonyl (C=O) groups excluding carboxylic acids is 1. The average Bonchev–Trinajstić information content (AvgIpc) is 3.31. The molecule has 1 amide bonds. The number of ether oxygens (including phenoxy) is 1. The first-order valence-electron chi connectivity index (χ1n) is 9.96. The number of aromatic nitrogens is 2. The molecule has 29 heavy (non-hydrogen) atoms. The van der Waals surface area contributed by atoms with Crippen molar-refractivity contribution in [3.05, 3.63) is 47.0 Å². The lowest BCUT2D eigenvalue weighted by molar-refractivity contribution is 0.0510. The van der Waals surface area contributed by atoms with Crippen molar-refractivity contribution in [2.45, 2.75) is 32.1 Å². The molecule has 1 fully saturated rings. The lowest BCUT2D eigenvalue weighted by atomic mass is 9.79. The third-order valence-electron chi connectivity index (χ3n) is 5.96. The highest BCUT2D eigenvalue weighted by molar-refractivity contribution is 5.94. The number of nitrogens with zero attached hydrogens (tertiary/aromatic N) is 2. The van der Waals surface area contributed by atoms with Crippen LogP contribution >= 0.6 is 12.4 Å². The molecule has 0 bridgehead atoms. The minimum atomic E-state index is -0.282. The van der Waals surface area contributed by atoms with Gasteiger partial charge in [0.2, 0.25) is 0 Å². The average molecular weight is 423 g/mol. The number of amides is 1. The first-order chi connectivity index (χ1) is 13.6. The molecule has 1 aliphatic carbocycles. The molecule has 2 aliphatic rings. The van der Waals surface area contributed by atoms with E-state index in [4.69, 9.17) is 4.74 Å². The molecule has 2 aromatic rings. The molecule has 0 radical (unpaired) electrons. The highest BCUT2D eigenvalue weighted by Gasteiger charge is 2.34. The van der Waals surface area contributed by atoms with E-state index in [0.29, 0.717) is 18.8 Å².